The zero-order valence-corrected chi connectivity index (χ0v) is 21.4. The Labute approximate surface area is 195 Å². The summed E-state index contributed by atoms with van der Waals surface area (Å²) in [4.78, 5) is 23.6. The van der Waals surface area contributed by atoms with Crippen molar-refractivity contribution in [3.8, 4) is 0 Å². The maximum absolute atomic E-state index is 11.8. The van der Waals surface area contributed by atoms with E-state index in [-0.39, 0.29) is 8.89 Å². The summed E-state index contributed by atoms with van der Waals surface area (Å²) >= 11 is 2.81. The Hall–Kier alpha value is 1.36. The third-order valence-corrected chi connectivity index (χ3v) is 11.7. The van der Waals surface area contributed by atoms with Crippen molar-refractivity contribution < 1.29 is 9.59 Å². The molecular formula is C18H32N2O2S6. The highest BCUT2D eigenvalue weighted by Crippen LogP contribution is 2.34. The smallest absolute Gasteiger partial charge is 0.271 e. The van der Waals surface area contributed by atoms with E-state index >= 15 is 0 Å². The van der Waals surface area contributed by atoms with Crippen LogP contribution in [0.5, 0.6) is 0 Å². The molecule has 0 aromatic heterocycles. The van der Waals surface area contributed by atoms with Crippen LogP contribution in [-0.2, 0) is 0 Å². The molecule has 2 fully saturated rings. The Balaban J connectivity index is 1.27. The third-order valence-electron chi connectivity index (χ3n) is 4.50. The van der Waals surface area contributed by atoms with Crippen molar-refractivity contribution in [3.63, 3.8) is 0 Å². The van der Waals surface area contributed by atoms with Gasteiger partial charge in [0.25, 0.3) is 8.89 Å². The molecule has 2 heterocycles. The van der Waals surface area contributed by atoms with Gasteiger partial charge in [0.2, 0.25) is 0 Å². The van der Waals surface area contributed by atoms with Crippen molar-refractivity contribution in [1.29, 1.82) is 0 Å². The molecule has 2 aliphatic rings. The van der Waals surface area contributed by atoms with Crippen molar-refractivity contribution in [2.45, 2.75) is 64.2 Å². The number of carbonyl (C=O) groups excluding carboxylic acids is 2. The summed E-state index contributed by atoms with van der Waals surface area (Å²) < 4.78 is 4.85. The van der Waals surface area contributed by atoms with E-state index in [4.69, 9.17) is 0 Å². The molecule has 0 amide bonds. The highest BCUT2D eigenvalue weighted by atomic mass is 33.1. The second-order valence-electron chi connectivity index (χ2n) is 6.89. The van der Waals surface area contributed by atoms with E-state index in [2.05, 4.69) is 8.61 Å². The van der Waals surface area contributed by atoms with Gasteiger partial charge in [0.05, 0.1) is 0 Å². The first-order valence-corrected chi connectivity index (χ1v) is 16.5. The van der Waals surface area contributed by atoms with Crippen LogP contribution in [0.3, 0.4) is 0 Å². The minimum Gasteiger partial charge on any atom is -0.272 e. The number of hydrogen-bond donors (Lipinski definition) is 0. The van der Waals surface area contributed by atoms with Gasteiger partial charge in [-0.25, -0.2) is 8.61 Å². The highest BCUT2D eigenvalue weighted by Gasteiger charge is 2.17. The van der Waals surface area contributed by atoms with E-state index in [9.17, 15) is 9.59 Å². The standard InChI is InChI=1S/C18H32N2O2S6/c21-17(25-19-11-5-6-12-19)27-23-15-9-3-1-2-4-10-16-24-28-18(22)26-20-13-7-8-14-20/h1-16H2. The van der Waals surface area contributed by atoms with Crippen molar-refractivity contribution >= 4 is 76.0 Å². The summed E-state index contributed by atoms with van der Waals surface area (Å²) in [5.41, 5.74) is 0. The Bertz CT molecular complexity index is 406. The van der Waals surface area contributed by atoms with Crippen molar-refractivity contribution in [3.05, 3.63) is 0 Å². The number of carbonyl (C=O) groups is 2. The molecule has 2 rings (SSSR count). The quantitative estimate of drug-likeness (QED) is 0.142. The van der Waals surface area contributed by atoms with Crippen molar-refractivity contribution in [2.75, 3.05) is 37.7 Å². The van der Waals surface area contributed by atoms with Gasteiger partial charge in [-0.2, -0.15) is 0 Å². The number of hydrogen-bond acceptors (Lipinski definition) is 10. The zero-order valence-electron chi connectivity index (χ0n) is 16.5. The first kappa shape index (κ1) is 25.6. The number of unbranched alkanes of at least 4 members (excludes halogenated alkanes) is 5. The van der Waals surface area contributed by atoms with Gasteiger partial charge in [-0.1, -0.05) is 47.3 Å². The van der Waals surface area contributed by atoms with E-state index in [1.165, 1.54) is 110 Å². The third kappa shape index (κ3) is 12.9. The average molecular weight is 501 g/mol. The Morgan fingerprint density at radius 2 is 0.929 bits per heavy atom. The molecule has 28 heavy (non-hydrogen) atoms. The topological polar surface area (TPSA) is 40.6 Å². The largest absolute Gasteiger partial charge is 0.272 e. The summed E-state index contributed by atoms with van der Waals surface area (Å²) in [6.45, 7) is 4.25. The minimum atomic E-state index is 0.236. The summed E-state index contributed by atoms with van der Waals surface area (Å²) in [6.07, 6.45) is 12.4. The molecule has 2 aliphatic heterocycles. The Kier molecular flexibility index (Phi) is 15.5. The first-order chi connectivity index (χ1) is 13.7. The predicted octanol–water partition coefficient (Wildman–Crippen LogP) is 7.82. The second-order valence-corrected chi connectivity index (χ2v) is 14.3. The van der Waals surface area contributed by atoms with Crippen LogP contribution >= 0.6 is 67.1 Å². The van der Waals surface area contributed by atoms with E-state index < -0.39 is 0 Å². The molecule has 0 aromatic carbocycles. The molecule has 0 N–H and O–H groups in total. The lowest BCUT2D eigenvalue weighted by Gasteiger charge is -2.10. The molecule has 0 unspecified atom stereocenters. The lowest BCUT2D eigenvalue weighted by molar-refractivity contribution is 0.275. The monoisotopic (exact) mass is 500 g/mol. The average Bonchev–Trinajstić information content (AvgIpc) is 3.37. The van der Waals surface area contributed by atoms with Crippen LogP contribution in [0, 0.1) is 0 Å². The molecule has 0 saturated carbocycles. The summed E-state index contributed by atoms with van der Waals surface area (Å²) in [5, 5.41) is 0. The first-order valence-electron chi connectivity index (χ1n) is 10.3. The number of nitrogens with zero attached hydrogens (tertiary/aromatic N) is 2. The Morgan fingerprint density at radius 3 is 1.32 bits per heavy atom. The van der Waals surface area contributed by atoms with Gasteiger partial charge in [0.1, 0.15) is 0 Å². The maximum atomic E-state index is 11.8. The zero-order chi connectivity index (χ0) is 19.9. The van der Waals surface area contributed by atoms with Gasteiger partial charge < -0.3 is 0 Å². The van der Waals surface area contributed by atoms with E-state index in [1.807, 2.05) is 0 Å². The van der Waals surface area contributed by atoms with Crippen LogP contribution in [-0.4, -0.2) is 55.2 Å². The van der Waals surface area contributed by atoms with E-state index in [0.717, 1.165) is 37.7 Å². The van der Waals surface area contributed by atoms with Gasteiger partial charge in [0.15, 0.2) is 0 Å². The molecular weight excluding hydrogens is 469 g/mol. The lowest BCUT2D eigenvalue weighted by Crippen LogP contribution is -2.10. The molecule has 4 nitrogen and oxygen atoms in total. The fourth-order valence-corrected chi connectivity index (χ4v) is 9.39. The molecule has 162 valence electrons. The van der Waals surface area contributed by atoms with Crippen LogP contribution in [0.1, 0.15) is 64.2 Å². The van der Waals surface area contributed by atoms with Crippen LogP contribution in [0.2, 0.25) is 0 Å². The van der Waals surface area contributed by atoms with Crippen LogP contribution in [0.25, 0.3) is 0 Å². The van der Waals surface area contributed by atoms with Crippen molar-refractivity contribution in [2.24, 2.45) is 0 Å². The van der Waals surface area contributed by atoms with E-state index in [0.29, 0.717) is 0 Å². The predicted molar refractivity (Wildman–Crippen MR) is 135 cm³/mol. The highest BCUT2D eigenvalue weighted by molar-refractivity contribution is 8.86. The fraction of sp³-hybridized carbons (Fsp3) is 0.889. The van der Waals surface area contributed by atoms with Gasteiger partial charge in [-0.05, 0) is 60.1 Å². The molecule has 0 radical (unpaired) electrons. The summed E-state index contributed by atoms with van der Waals surface area (Å²) in [6, 6.07) is 0. The van der Waals surface area contributed by atoms with Gasteiger partial charge in [-0.3, -0.25) is 9.59 Å². The van der Waals surface area contributed by atoms with Crippen LogP contribution in [0.4, 0.5) is 9.59 Å². The summed E-state index contributed by atoms with van der Waals surface area (Å²) in [5.74, 6) is 2.14. The second kappa shape index (κ2) is 17.0. The van der Waals surface area contributed by atoms with Gasteiger partial charge in [-0.15, -0.1) is 0 Å². The van der Waals surface area contributed by atoms with Crippen LogP contribution in [0.15, 0.2) is 0 Å². The molecule has 0 atom stereocenters. The number of rotatable bonds is 13. The molecule has 0 aliphatic carbocycles. The summed E-state index contributed by atoms with van der Waals surface area (Å²) in [7, 11) is 6.25. The molecule has 2 saturated heterocycles. The normalized spacial score (nSPS) is 18.1. The van der Waals surface area contributed by atoms with Gasteiger partial charge >= 0.3 is 0 Å². The van der Waals surface area contributed by atoms with Crippen molar-refractivity contribution in [1.82, 2.24) is 8.61 Å². The van der Waals surface area contributed by atoms with E-state index in [1.54, 1.807) is 21.6 Å². The van der Waals surface area contributed by atoms with Gasteiger partial charge in [0, 0.05) is 61.6 Å². The molecule has 10 heteroatoms. The SMILES string of the molecule is O=C(SSCCCCCCCCSSC(=O)SN1CCCC1)SN1CCCC1. The Morgan fingerprint density at radius 1 is 0.571 bits per heavy atom. The van der Waals surface area contributed by atoms with Crippen LogP contribution < -0.4 is 0 Å². The molecule has 0 spiro atoms. The molecule has 0 aromatic rings. The minimum absolute atomic E-state index is 0.236. The maximum Gasteiger partial charge on any atom is 0.271 e. The lowest BCUT2D eigenvalue weighted by atomic mass is 10.1. The molecule has 0 bridgehead atoms. The fourth-order valence-electron chi connectivity index (χ4n) is 3.01.